The van der Waals surface area contributed by atoms with E-state index in [2.05, 4.69) is 44.2 Å². The average Bonchev–Trinajstić information content (AvgIpc) is 3.36. The van der Waals surface area contributed by atoms with Gasteiger partial charge in [-0.2, -0.15) is 0 Å². The molecule has 0 radical (unpaired) electrons. The maximum absolute atomic E-state index is 5.15. The van der Waals surface area contributed by atoms with E-state index in [1.807, 2.05) is 45.5 Å². The quantitative estimate of drug-likeness (QED) is 0.420. The van der Waals surface area contributed by atoms with Gasteiger partial charge in [0.1, 0.15) is 35.3 Å². The van der Waals surface area contributed by atoms with Gasteiger partial charge in [0.2, 0.25) is 0 Å². The maximum atomic E-state index is 5.15. The van der Waals surface area contributed by atoms with E-state index in [-0.39, 0.29) is 0 Å². The van der Waals surface area contributed by atoms with Crippen LogP contribution in [0.25, 0.3) is 55.8 Å². The summed E-state index contributed by atoms with van der Waals surface area (Å²) in [5, 5.41) is 2.05. The molecule has 2 aromatic carbocycles. The number of benzene rings is 2. The highest BCUT2D eigenvalue weighted by molar-refractivity contribution is 6.12. The fourth-order valence-corrected chi connectivity index (χ4v) is 4.35. The maximum Gasteiger partial charge on any atom is 0.168 e. The third-order valence-electron chi connectivity index (χ3n) is 5.67. The highest BCUT2D eigenvalue weighted by Gasteiger charge is 2.21. The Bertz CT molecular complexity index is 1640. The number of para-hydroxylation sites is 2. The second kappa shape index (κ2) is 6.39. The van der Waals surface area contributed by atoms with Crippen LogP contribution in [0.5, 0.6) is 0 Å². The lowest BCUT2D eigenvalue weighted by atomic mass is 10.2. The molecule has 5 heterocycles. The van der Waals surface area contributed by atoms with Gasteiger partial charge in [0.15, 0.2) is 11.3 Å². The van der Waals surface area contributed by atoms with Gasteiger partial charge >= 0.3 is 0 Å². The number of rotatable bonds is 2. The van der Waals surface area contributed by atoms with Crippen molar-refractivity contribution in [3.8, 4) is 11.6 Å². The molecule has 0 saturated carbocycles. The van der Waals surface area contributed by atoms with Gasteiger partial charge < -0.3 is 0 Å². The lowest BCUT2D eigenvalue weighted by Crippen LogP contribution is -2.02. The van der Waals surface area contributed by atoms with Crippen molar-refractivity contribution in [3.05, 3.63) is 85.7 Å². The minimum atomic E-state index is 0.732. The molecule has 0 aliphatic carbocycles. The van der Waals surface area contributed by atoms with Crippen molar-refractivity contribution in [3.63, 3.8) is 0 Å². The summed E-state index contributed by atoms with van der Waals surface area (Å²) in [6.07, 6.45) is 6.54. The van der Waals surface area contributed by atoms with Crippen LogP contribution in [0.2, 0.25) is 0 Å². The summed E-state index contributed by atoms with van der Waals surface area (Å²) in [7, 11) is 0. The Hall–Kier alpha value is -4.72. The molecule has 0 spiro atoms. The second-order valence-electron chi connectivity index (χ2n) is 7.41. The highest BCUT2D eigenvalue weighted by Crippen LogP contribution is 2.34. The molecule has 5 aromatic heterocycles. The Morgan fingerprint density at radius 3 is 1.50 bits per heavy atom. The van der Waals surface area contributed by atoms with Crippen molar-refractivity contribution >= 4 is 44.1 Å². The van der Waals surface area contributed by atoms with Gasteiger partial charge in [-0.15, -0.1) is 0 Å². The van der Waals surface area contributed by atoms with Gasteiger partial charge in [-0.05, 0) is 24.3 Å². The molecule has 32 heavy (non-hydrogen) atoms. The van der Waals surface area contributed by atoms with Gasteiger partial charge in [0.05, 0.1) is 11.0 Å². The van der Waals surface area contributed by atoms with E-state index in [1.54, 1.807) is 25.0 Å². The zero-order valence-electron chi connectivity index (χ0n) is 16.7. The summed E-state index contributed by atoms with van der Waals surface area (Å²) in [6.45, 7) is 0. The van der Waals surface area contributed by atoms with Crippen LogP contribution in [0.3, 0.4) is 0 Å². The molecule has 8 heteroatoms. The van der Waals surface area contributed by atoms with Crippen LogP contribution in [0.15, 0.2) is 85.7 Å². The van der Waals surface area contributed by atoms with Gasteiger partial charge in [-0.1, -0.05) is 36.4 Å². The molecule has 0 atom stereocenters. The lowest BCUT2D eigenvalue weighted by molar-refractivity contribution is 1.00. The SMILES string of the molecule is c1ccc2c(c1)c1nc3c4ccccc4n(-c4ccncn4)c3nc1n2-c1ccncn1. The van der Waals surface area contributed by atoms with E-state index in [1.165, 1.54) is 0 Å². The predicted molar refractivity (Wildman–Crippen MR) is 122 cm³/mol. The number of aromatic nitrogens is 8. The van der Waals surface area contributed by atoms with Crippen LogP contribution in [-0.4, -0.2) is 39.0 Å². The van der Waals surface area contributed by atoms with Crippen molar-refractivity contribution in [2.75, 3.05) is 0 Å². The minimum Gasteiger partial charge on any atom is -0.276 e. The Labute approximate surface area is 180 Å². The first-order chi connectivity index (χ1) is 15.9. The zero-order valence-corrected chi connectivity index (χ0v) is 16.7. The monoisotopic (exact) mass is 414 g/mol. The summed E-state index contributed by atoms with van der Waals surface area (Å²) < 4.78 is 4.06. The minimum absolute atomic E-state index is 0.732. The summed E-state index contributed by atoms with van der Waals surface area (Å²) >= 11 is 0. The first kappa shape index (κ1) is 17.0. The average molecular weight is 414 g/mol. The molecule has 0 N–H and O–H groups in total. The second-order valence-corrected chi connectivity index (χ2v) is 7.41. The third kappa shape index (κ3) is 2.26. The molecule has 0 amide bonds. The number of nitrogens with zero attached hydrogens (tertiary/aromatic N) is 8. The van der Waals surface area contributed by atoms with Gasteiger partial charge in [-0.3, -0.25) is 9.13 Å². The smallest absolute Gasteiger partial charge is 0.168 e. The normalized spacial score (nSPS) is 11.8. The molecule has 8 nitrogen and oxygen atoms in total. The predicted octanol–water partition coefficient (Wildman–Crippen LogP) is 4.25. The third-order valence-corrected chi connectivity index (χ3v) is 5.67. The van der Waals surface area contributed by atoms with Crippen LogP contribution >= 0.6 is 0 Å². The molecular formula is C24H14N8. The van der Waals surface area contributed by atoms with E-state index in [9.17, 15) is 0 Å². The van der Waals surface area contributed by atoms with Crippen molar-refractivity contribution in [1.82, 2.24) is 39.0 Å². The summed E-state index contributed by atoms with van der Waals surface area (Å²) in [5.74, 6) is 1.48. The van der Waals surface area contributed by atoms with Crippen LogP contribution in [0, 0.1) is 0 Å². The van der Waals surface area contributed by atoms with Gasteiger partial charge in [0, 0.05) is 23.2 Å². The molecule has 150 valence electrons. The molecule has 0 unspecified atom stereocenters. The Morgan fingerprint density at radius 2 is 1.03 bits per heavy atom. The van der Waals surface area contributed by atoms with Crippen molar-refractivity contribution < 1.29 is 0 Å². The van der Waals surface area contributed by atoms with Crippen LogP contribution in [0.1, 0.15) is 0 Å². The van der Waals surface area contributed by atoms with E-state index in [0.717, 1.165) is 55.8 Å². The number of fused-ring (bicyclic) bond motifs is 6. The van der Waals surface area contributed by atoms with Crippen LogP contribution in [-0.2, 0) is 0 Å². The highest BCUT2D eigenvalue weighted by atomic mass is 15.2. The molecule has 0 saturated heterocycles. The molecule has 0 aliphatic rings. The van der Waals surface area contributed by atoms with Crippen molar-refractivity contribution in [1.29, 1.82) is 0 Å². The summed E-state index contributed by atoms with van der Waals surface area (Å²) in [6, 6.07) is 20.0. The van der Waals surface area contributed by atoms with E-state index >= 15 is 0 Å². The first-order valence-electron chi connectivity index (χ1n) is 10.1. The van der Waals surface area contributed by atoms with E-state index in [4.69, 9.17) is 9.97 Å². The number of hydrogen-bond donors (Lipinski definition) is 0. The fourth-order valence-electron chi connectivity index (χ4n) is 4.35. The Kier molecular flexibility index (Phi) is 3.40. The molecular weight excluding hydrogens is 400 g/mol. The largest absolute Gasteiger partial charge is 0.276 e. The molecule has 0 bridgehead atoms. The molecule has 7 aromatic rings. The van der Waals surface area contributed by atoms with Crippen LogP contribution < -0.4 is 0 Å². The molecule has 0 fully saturated rings. The van der Waals surface area contributed by atoms with Gasteiger partial charge in [0.25, 0.3) is 0 Å². The fraction of sp³-hybridized carbons (Fsp3) is 0. The molecule has 0 aliphatic heterocycles. The first-order valence-corrected chi connectivity index (χ1v) is 10.1. The standard InChI is InChI=1S/C24H14N8/c1-3-7-17-15(5-1)21-23(31(17)19-9-11-25-13-27-19)30-24-22(29-21)16-6-2-4-8-18(16)32(24)20-10-12-26-14-28-20/h1-14H. The zero-order chi connectivity index (χ0) is 21.1. The molecule has 7 rings (SSSR count). The summed E-state index contributed by atoms with van der Waals surface area (Å²) in [4.78, 5) is 27.4. The Morgan fingerprint density at radius 1 is 0.531 bits per heavy atom. The van der Waals surface area contributed by atoms with Crippen molar-refractivity contribution in [2.45, 2.75) is 0 Å². The lowest BCUT2D eigenvalue weighted by Gasteiger charge is -2.07. The van der Waals surface area contributed by atoms with E-state index in [0.29, 0.717) is 0 Å². The Balaban J connectivity index is 1.71. The van der Waals surface area contributed by atoms with Gasteiger partial charge in [-0.25, -0.2) is 29.9 Å². The van der Waals surface area contributed by atoms with Crippen LogP contribution in [0.4, 0.5) is 0 Å². The number of hydrogen-bond acceptors (Lipinski definition) is 6. The summed E-state index contributed by atoms with van der Waals surface area (Å²) in [5.41, 5.74) is 5.11. The topological polar surface area (TPSA) is 87.2 Å². The van der Waals surface area contributed by atoms with Crippen molar-refractivity contribution in [2.24, 2.45) is 0 Å². The van der Waals surface area contributed by atoms with E-state index < -0.39 is 0 Å².